The first-order chi connectivity index (χ1) is 13.7. The van der Waals surface area contributed by atoms with Crippen LogP contribution in [0.25, 0.3) is 11.5 Å². The standard InChI is InChI=1S/C19H21N5O4/c1-3-26-15-11-13(2)21-19(22-15)24-8-6-23(7-9-24)18(25)16-17(28-12-20-16)14-5-4-10-27-14/h4-5,10-12H,3,6-9H2,1-2H3. The Bertz CT molecular complexity index is 945. The number of oxazole rings is 1. The number of aryl methyl sites for hydroxylation is 1. The Balaban J connectivity index is 1.45. The van der Waals surface area contributed by atoms with Crippen molar-refractivity contribution < 1.29 is 18.4 Å². The lowest BCUT2D eigenvalue weighted by Gasteiger charge is -2.34. The van der Waals surface area contributed by atoms with Gasteiger partial charge in [-0.15, -0.1) is 0 Å². The largest absolute Gasteiger partial charge is 0.478 e. The summed E-state index contributed by atoms with van der Waals surface area (Å²) >= 11 is 0. The van der Waals surface area contributed by atoms with Crippen LogP contribution in [0.5, 0.6) is 5.88 Å². The molecule has 1 aliphatic heterocycles. The molecule has 0 saturated carbocycles. The molecule has 0 N–H and O–H groups in total. The molecule has 1 saturated heterocycles. The molecule has 0 atom stereocenters. The van der Waals surface area contributed by atoms with E-state index < -0.39 is 0 Å². The molecule has 1 amide bonds. The molecule has 4 rings (SSSR count). The summed E-state index contributed by atoms with van der Waals surface area (Å²) in [6, 6.07) is 5.29. The van der Waals surface area contributed by atoms with E-state index in [1.165, 1.54) is 12.7 Å². The number of amides is 1. The smallest absolute Gasteiger partial charge is 0.276 e. The van der Waals surface area contributed by atoms with Crippen molar-refractivity contribution >= 4 is 11.9 Å². The number of hydrogen-bond acceptors (Lipinski definition) is 8. The minimum absolute atomic E-state index is 0.181. The fourth-order valence-corrected chi connectivity index (χ4v) is 3.13. The minimum Gasteiger partial charge on any atom is -0.478 e. The first-order valence-electron chi connectivity index (χ1n) is 9.15. The Morgan fingerprint density at radius 2 is 2.04 bits per heavy atom. The van der Waals surface area contributed by atoms with Gasteiger partial charge in [-0.05, 0) is 26.0 Å². The zero-order valence-electron chi connectivity index (χ0n) is 15.8. The molecule has 9 nitrogen and oxygen atoms in total. The molecule has 0 aromatic carbocycles. The lowest BCUT2D eigenvalue weighted by atomic mass is 10.2. The third kappa shape index (κ3) is 3.55. The van der Waals surface area contributed by atoms with E-state index in [4.69, 9.17) is 13.6 Å². The van der Waals surface area contributed by atoms with Gasteiger partial charge in [-0.1, -0.05) is 0 Å². The van der Waals surface area contributed by atoms with Crippen LogP contribution < -0.4 is 9.64 Å². The van der Waals surface area contributed by atoms with Crippen LogP contribution in [-0.4, -0.2) is 58.5 Å². The number of carbonyl (C=O) groups is 1. The zero-order chi connectivity index (χ0) is 19.5. The van der Waals surface area contributed by atoms with Crippen molar-refractivity contribution in [1.82, 2.24) is 19.9 Å². The first kappa shape index (κ1) is 18.0. The van der Waals surface area contributed by atoms with E-state index in [1.807, 2.05) is 19.9 Å². The Labute approximate surface area is 162 Å². The van der Waals surface area contributed by atoms with E-state index in [-0.39, 0.29) is 11.6 Å². The summed E-state index contributed by atoms with van der Waals surface area (Å²) in [5, 5.41) is 0. The molecule has 1 fully saturated rings. The predicted molar refractivity (Wildman–Crippen MR) is 100 cm³/mol. The van der Waals surface area contributed by atoms with Gasteiger partial charge in [-0.25, -0.2) is 9.97 Å². The fourth-order valence-electron chi connectivity index (χ4n) is 3.13. The molecular weight excluding hydrogens is 362 g/mol. The minimum atomic E-state index is -0.181. The highest BCUT2D eigenvalue weighted by molar-refractivity contribution is 5.97. The van der Waals surface area contributed by atoms with Crippen molar-refractivity contribution in [1.29, 1.82) is 0 Å². The summed E-state index contributed by atoms with van der Waals surface area (Å²) in [4.78, 5) is 29.8. The van der Waals surface area contributed by atoms with E-state index in [1.54, 1.807) is 17.0 Å². The topological polar surface area (TPSA) is 97.7 Å². The van der Waals surface area contributed by atoms with Crippen molar-refractivity contribution in [3.05, 3.63) is 42.2 Å². The summed E-state index contributed by atoms with van der Waals surface area (Å²) in [6.07, 6.45) is 2.79. The molecule has 0 radical (unpaired) electrons. The number of hydrogen-bond donors (Lipinski definition) is 0. The van der Waals surface area contributed by atoms with Gasteiger partial charge in [0.2, 0.25) is 17.6 Å². The Hall–Kier alpha value is -3.36. The highest BCUT2D eigenvalue weighted by Crippen LogP contribution is 2.25. The maximum absolute atomic E-state index is 12.9. The Morgan fingerprint density at radius 3 is 2.75 bits per heavy atom. The number of carbonyl (C=O) groups excluding carboxylic acids is 1. The number of aromatic nitrogens is 3. The van der Waals surface area contributed by atoms with E-state index in [2.05, 4.69) is 19.9 Å². The van der Waals surface area contributed by atoms with Crippen LogP contribution in [0.15, 0.2) is 39.7 Å². The number of piperazine rings is 1. The molecule has 9 heteroatoms. The number of nitrogens with zero attached hydrogens (tertiary/aromatic N) is 5. The first-order valence-corrected chi connectivity index (χ1v) is 9.15. The van der Waals surface area contributed by atoms with Crippen molar-refractivity contribution in [2.75, 3.05) is 37.7 Å². The summed E-state index contributed by atoms with van der Waals surface area (Å²) in [5.41, 5.74) is 1.10. The Morgan fingerprint density at radius 1 is 1.21 bits per heavy atom. The van der Waals surface area contributed by atoms with Crippen molar-refractivity contribution in [2.45, 2.75) is 13.8 Å². The van der Waals surface area contributed by atoms with Crippen LogP contribution >= 0.6 is 0 Å². The van der Waals surface area contributed by atoms with E-state index in [0.29, 0.717) is 56.1 Å². The lowest BCUT2D eigenvalue weighted by Crippen LogP contribution is -2.49. The number of rotatable bonds is 5. The van der Waals surface area contributed by atoms with E-state index >= 15 is 0 Å². The molecule has 3 aromatic rings. The average Bonchev–Trinajstić information content (AvgIpc) is 3.39. The summed E-state index contributed by atoms with van der Waals surface area (Å²) in [5.74, 6) is 1.83. The van der Waals surface area contributed by atoms with Gasteiger partial charge in [-0.2, -0.15) is 4.98 Å². The lowest BCUT2D eigenvalue weighted by molar-refractivity contribution is 0.0741. The molecule has 146 valence electrons. The monoisotopic (exact) mass is 383 g/mol. The molecule has 28 heavy (non-hydrogen) atoms. The van der Waals surface area contributed by atoms with Gasteiger partial charge in [0.25, 0.3) is 5.91 Å². The summed E-state index contributed by atoms with van der Waals surface area (Å²) < 4.78 is 16.2. The highest BCUT2D eigenvalue weighted by atomic mass is 16.5. The van der Waals surface area contributed by atoms with Gasteiger partial charge in [0.05, 0.1) is 12.9 Å². The molecule has 3 aromatic heterocycles. The predicted octanol–water partition coefficient (Wildman–Crippen LogP) is 2.39. The van der Waals surface area contributed by atoms with Gasteiger partial charge >= 0.3 is 0 Å². The zero-order valence-corrected chi connectivity index (χ0v) is 15.8. The molecular formula is C19H21N5O4. The van der Waals surface area contributed by atoms with Crippen LogP contribution in [0.4, 0.5) is 5.95 Å². The third-order valence-electron chi connectivity index (χ3n) is 4.48. The van der Waals surface area contributed by atoms with Crippen molar-refractivity contribution in [2.24, 2.45) is 0 Å². The van der Waals surface area contributed by atoms with Gasteiger partial charge in [0.15, 0.2) is 17.8 Å². The summed E-state index contributed by atoms with van der Waals surface area (Å²) in [6.45, 7) is 6.68. The second kappa shape index (κ2) is 7.71. The normalized spacial score (nSPS) is 14.4. The van der Waals surface area contributed by atoms with Crippen molar-refractivity contribution in [3.8, 4) is 17.4 Å². The number of furan rings is 1. The van der Waals surface area contributed by atoms with Gasteiger partial charge < -0.3 is 23.4 Å². The average molecular weight is 383 g/mol. The fraction of sp³-hybridized carbons (Fsp3) is 0.368. The van der Waals surface area contributed by atoms with Gasteiger partial charge in [0, 0.05) is 37.9 Å². The number of ether oxygens (including phenoxy) is 1. The van der Waals surface area contributed by atoms with Crippen LogP contribution in [-0.2, 0) is 0 Å². The van der Waals surface area contributed by atoms with Gasteiger partial charge in [-0.3, -0.25) is 4.79 Å². The quantitative estimate of drug-likeness (QED) is 0.662. The van der Waals surface area contributed by atoms with E-state index in [9.17, 15) is 4.79 Å². The molecule has 1 aliphatic rings. The van der Waals surface area contributed by atoms with Gasteiger partial charge in [0.1, 0.15) is 0 Å². The van der Waals surface area contributed by atoms with Crippen LogP contribution in [0, 0.1) is 6.92 Å². The van der Waals surface area contributed by atoms with Crippen LogP contribution in [0.1, 0.15) is 23.1 Å². The van der Waals surface area contributed by atoms with Crippen molar-refractivity contribution in [3.63, 3.8) is 0 Å². The highest BCUT2D eigenvalue weighted by Gasteiger charge is 2.28. The van der Waals surface area contributed by atoms with E-state index in [0.717, 1.165) is 5.69 Å². The molecule has 0 bridgehead atoms. The second-order valence-electron chi connectivity index (χ2n) is 6.37. The Kier molecular flexibility index (Phi) is 4.96. The molecule has 0 unspecified atom stereocenters. The second-order valence-corrected chi connectivity index (χ2v) is 6.37. The molecule has 0 spiro atoms. The maximum Gasteiger partial charge on any atom is 0.276 e. The third-order valence-corrected chi connectivity index (χ3v) is 4.48. The maximum atomic E-state index is 12.9. The number of anilines is 1. The van der Waals surface area contributed by atoms with Crippen LogP contribution in [0.3, 0.4) is 0 Å². The summed E-state index contributed by atoms with van der Waals surface area (Å²) in [7, 11) is 0. The van der Waals surface area contributed by atoms with Crippen LogP contribution in [0.2, 0.25) is 0 Å². The molecule has 0 aliphatic carbocycles. The molecule has 4 heterocycles. The SMILES string of the molecule is CCOc1cc(C)nc(N2CCN(C(=O)c3ncoc3-c3ccco3)CC2)n1.